The third kappa shape index (κ3) is 3.65. The highest BCUT2D eigenvalue weighted by atomic mass is 16.4. The van der Waals surface area contributed by atoms with Gasteiger partial charge in [0.05, 0.1) is 5.56 Å². The van der Waals surface area contributed by atoms with Crippen LogP contribution in [-0.2, 0) is 4.79 Å². The molecule has 0 spiro atoms. The van der Waals surface area contributed by atoms with Crippen LogP contribution in [0.25, 0.3) is 11.1 Å². The molecule has 9 heteroatoms. The van der Waals surface area contributed by atoms with Gasteiger partial charge < -0.3 is 20.8 Å². The molecule has 1 saturated heterocycles. The van der Waals surface area contributed by atoms with Crippen LogP contribution in [0, 0.1) is 5.41 Å². The minimum absolute atomic E-state index is 0.0319. The zero-order chi connectivity index (χ0) is 19.5. The van der Waals surface area contributed by atoms with Crippen LogP contribution in [0.1, 0.15) is 18.4 Å². The van der Waals surface area contributed by atoms with Crippen LogP contribution in [0.5, 0.6) is 0 Å². The monoisotopic (exact) mass is 379 g/mol. The highest BCUT2D eigenvalue weighted by Crippen LogP contribution is 2.24. The summed E-state index contributed by atoms with van der Waals surface area (Å²) >= 11 is 0. The Morgan fingerprint density at radius 1 is 1.32 bits per heavy atom. The Kier molecular flexibility index (Phi) is 4.90. The number of carbonyl (C=O) groups excluding carboxylic acids is 1. The highest BCUT2D eigenvalue weighted by Gasteiger charge is 2.23. The molecule has 6 N–H and O–H groups in total. The molecule has 1 aliphatic heterocycles. The predicted octanol–water partition coefficient (Wildman–Crippen LogP) is 1.98. The summed E-state index contributed by atoms with van der Waals surface area (Å²) in [5, 5.41) is 17.6. The SMILES string of the molecule is N=C(C(=O)Nc1nc2ccccc2o1)c1c(NC2CCCNC2)ccnc1N. The molecule has 1 atom stereocenters. The third-order valence-electron chi connectivity index (χ3n) is 4.63. The van der Waals surface area contributed by atoms with Crippen molar-refractivity contribution in [1.82, 2.24) is 15.3 Å². The van der Waals surface area contributed by atoms with Crippen molar-refractivity contribution in [2.45, 2.75) is 18.9 Å². The molecule has 28 heavy (non-hydrogen) atoms. The Labute approximate surface area is 161 Å². The van der Waals surface area contributed by atoms with E-state index in [0.29, 0.717) is 16.8 Å². The molecule has 0 radical (unpaired) electrons. The normalized spacial score (nSPS) is 16.6. The van der Waals surface area contributed by atoms with Crippen LogP contribution in [0.2, 0.25) is 0 Å². The summed E-state index contributed by atoms with van der Waals surface area (Å²) in [7, 11) is 0. The number of aromatic nitrogens is 2. The summed E-state index contributed by atoms with van der Waals surface area (Å²) < 4.78 is 5.50. The van der Waals surface area contributed by atoms with Crippen LogP contribution in [0.15, 0.2) is 40.9 Å². The molecule has 1 aromatic carbocycles. The zero-order valence-electron chi connectivity index (χ0n) is 15.2. The number of carbonyl (C=O) groups is 1. The first-order valence-corrected chi connectivity index (χ1v) is 9.09. The van der Waals surface area contributed by atoms with Gasteiger partial charge in [0, 0.05) is 24.5 Å². The van der Waals surface area contributed by atoms with Gasteiger partial charge in [-0.05, 0) is 37.6 Å². The average Bonchev–Trinajstić information content (AvgIpc) is 3.11. The largest absolute Gasteiger partial charge is 0.423 e. The molecule has 1 unspecified atom stereocenters. The van der Waals surface area contributed by atoms with Gasteiger partial charge in [0.2, 0.25) is 0 Å². The topological polar surface area (TPSA) is 142 Å². The molecule has 3 heterocycles. The Morgan fingerprint density at radius 2 is 2.18 bits per heavy atom. The molecule has 144 valence electrons. The van der Waals surface area contributed by atoms with Crippen LogP contribution in [0.3, 0.4) is 0 Å². The van der Waals surface area contributed by atoms with Crippen molar-refractivity contribution in [3.8, 4) is 0 Å². The number of nitrogens with zero attached hydrogens (tertiary/aromatic N) is 2. The van der Waals surface area contributed by atoms with Crippen LogP contribution in [-0.4, -0.2) is 40.7 Å². The van der Waals surface area contributed by atoms with Gasteiger partial charge in [-0.25, -0.2) is 4.98 Å². The van der Waals surface area contributed by atoms with Crippen molar-refractivity contribution < 1.29 is 9.21 Å². The number of amides is 1. The maximum Gasteiger partial charge on any atom is 0.302 e. The number of anilines is 3. The number of benzene rings is 1. The first kappa shape index (κ1) is 17.9. The molecule has 4 rings (SSSR count). The van der Waals surface area contributed by atoms with E-state index in [1.54, 1.807) is 24.4 Å². The van der Waals surface area contributed by atoms with Gasteiger partial charge in [0.25, 0.3) is 5.91 Å². The summed E-state index contributed by atoms with van der Waals surface area (Å²) in [6, 6.07) is 9.12. The van der Waals surface area contributed by atoms with Gasteiger partial charge >= 0.3 is 6.01 Å². The van der Waals surface area contributed by atoms with Crippen molar-refractivity contribution in [1.29, 1.82) is 5.41 Å². The van der Waals surface area contributed by atoms with Gasteiger partial charge in [-0.3, -0.25) is 15.5 Å². The molecule has 0 saturated carbocycles. The minimum Gasteiger partial charge on any atom is -0.423 e. The number of hydrogen-bond acceptors (Lipinski definition) is 8. The zero-order valence-corrected chi connectivity index (χ0v) is 15.2. The number of hydrogen-bond donors (Lipinski definition) is 5. The van der Waals surface area contributed by atoms with E-state index in [4.69, 9.17) is 15.6 Å². The fourth-order valence-corrected chi connectivity index (χ4v) is 3.25. The van der Waals surface area contributed by atoms with Gasteiger partial charge in [0.1, 0.15) is 17.0 Å². The van der Waals surface area contributed by atoms with Crippen LogP contribution >= 0.6 is 0 Å². The fourth-order valence-electron chi connectivity index (χ4n) is 3.25. The van der Waals surface area contributed by atoms with Gasteiger partial charge in [-0.15, -0.1) is 0 Å². The number of piperidine rings is 1. The van der Waals surface area contributed by atoms with E-state index < -0.39 is 5.91 Å². The average molecular weight is 379 g/mol. The Morgan fingerprint density at radius 3 is 2.96 bits per heavy atom. The van der Waals surface area contributed by atoms with E-state index in [0.717, 1.165) is 25.9 Å². The molecule has 0 bridgehead atoms. The van der Waals surface area contributed by atoms with Crippen molar-refractivity contribution in [3.05, 3.63) is 42.1 Å². The molecule has 2 aromatic heterocycles. The molecule has 1 aliphatic rings. The molecular formula is C19H21N7O2. The van der Waals surface area contributed by atoms with E-state index in [2.05, 4.69) is 25.9 Å². The second-order valence-corrected chi connectivity index (χ2v) is 6.62. The highest BCUT2D eigenvalue weighted by molar-refractivity contribution is 6.49. The molecule has 9 nitrogen and oxygen atoms in total. The molecule has 1 fully saturated rings. The van der Waals surface area contributed by atoms with Crippen molar-refractivity contribution in [2.24, 2.45) is 0 Å². The molecule has 1 amide bonds. The van der Waals surface area contributed by atoms with E-state index in [1.165, 1.54) is 0 Å². The summed E-state index contributed by atoms with van der Waals surface area (Å²) in [6.45, 7) is 1.80. The van der Waals surface area contributed by atoms with E-state index >= 15 is 0 Å². The summed E-state index contributed by atoms with van der Waals surface area (Å²) in [6.07, 6.45) is 3.61. The molecular weight excluding hydrogens is 358 g/mol. The van der Waals surface area contributed by atoms with Gasteiger partial charge in [-0.1, -0.05) is 12.1 Å². The second kappa shape index (κ2) is 7.65. The van der Waals surface area contributed by atoms with Crippen molar-refractivity contribution in [3.63, 3.8) is 0 Å². The smallest absolute Gasteiger partial charge is 0.302 e. The van der Waals surface area contributed by atoms with Gasteiger partial charge in [0.15, 0.2) is 5.58 Å². The van der Waals surface area contributed by atoms with Crippen LogP contribution < -0.4 is 21.7 Å². The van der Waals surface area contributed by atoms with E-state index in [1.807, 2.05) is 12.1 Å². The van der Waals surface area contributed by atoms with Crippen molar-refractivity contribution >= 4 is 40.2 Å². The summed E-state index contributed by atoms with van der Waals surface area (Å²) in [4.78, 5) is 20.9. The lowest BCUT2D eigenvalue weighted by Crippen LogP contribution is -2.39. The number of fused-ring (bicyclic) bond motifs is 1. The Bertz CT molecular complexity index is 991. The molecule has 3 aromatic rings. The first-order valence-electron chi connectivity index (χ1n) is 9.09. The Balaban J connectivity index is 1.55. The maximum absolute atomic E-state index is 12.6. The number of oxazole rings is 1. The Hall–Kier alpha value is -3.46. The van der Waals surface area contributed by atoms with E-state index in [-0.39, 0.29) is 29.1 Å². The number of nitrogen functional groups attached to an aromatic ring is 1. The molecule has 0 aliphatic carbocycles. The number of nitrogens with two attached hydrogens (primary N) is 1. The lowest BCUT2D eigenvalue weighted by molar-refractivity contribution is -0.110. The third-order valence-corrected chi connectivity index (χ3v) is 4.63. The number of pyridine rings is 1. The number of para-hydroxylation sites is 2. The lowest BCUT2D eigenvalue weighted by atomic mass is 10.0. The minimum atomic E-state index is -0.670. The first-order chi connectivity index (χ1) is 13.6. The predicted molar refractivity (Wildman–Crippen MR) is 108 cm³/mol. The van der Waals surface area contributed by atoms with Gasteiger partial charge in [-0.2, -0.15) is 4.98 Å². The quantitative estimate of drug-likeness (QED) is 0.427. The maximum atomic E-state index is 12.6. The fraction of sp³-hybridized carbons (Fsp3) is 0.263. The summed E-state index contributed by atoms with van der Waals surface area (Å²) in [5.74, 6) is -0.553. The lowest BCUT2D eigenvalue weighted by Gasteiger charge is -2.26. The standard InChI is InChI=1S/C19H21N7O2/c20-16(18(27)26-19-25-12-5-1-2-6-14(12)28-19)15-13(7-9-23-17(15)21)24-11-4-3-8-22-10-11/h1-2,5-7,9,11,20,22H,3-4,8,10H2,(H3,21,23,24)(H,25,26,27). The van der Waals surface area contributed by atoms with Crippen molar-refractivity contribution in [2.75, 3.05) is 29.5 Å². The number of rotatable bonds is 5. The number of nitrogens with one attached hydrogen (secondary N) is 4. The van der Waals surface area contributed by atoms with E-state index in [9.17, 15) is 4.79 Å². The second-order valence-electron chi connectivity index (χ2n) is 6.62. The van der Waals surface area contributed by atoms with Crippen LogP contribution in [0.4, 0.5) is 17.5 Å². The summed E-state index contributed by atoms with van der Waals surface area (Å²) in [5.41, 5.74) is 7.74.